The van der Waals surface area contributed by atoms with Crippen LogP contribution in [0, 0.1) is 0 Å². The van der Waals surface area contributed by atoms with Gasteiger partial charge in [0.05, 0.1) is 11.0 Å². The number of rotatable bonds is 1. The quantitative estimate of drug-likeness (QED) is 0.754. The number of H-pyrrole nitrogens is 1. The fraction of sp³-hybridized carbons (Fsp3) is 0.500. The highest BCUT2D eigenvalue weighted by Gasteiger charge is 2.17. The van der Waals surface area contributed by atoms with E-state index in [0.29, 0.717) is 5.92 Å². The standard InChI is InChI=1S/C14H17BrN2/c15-11-7-8-12-13(9-11)17-14(16-12)10-5-3-1-2-4-6-10/h7-10H,1-6H2,(H,16,17). The number of hydrogen-bond donors (Lipinski definition) is 1. The number of imidazole rings is 1. The zero-order valence-electron chi connectivity index (χ0n) is 9.88. The molecule has 0 spiro atoms. The van der Waals surface area contributed by atoms with Crippen LogP contribution in [-0.4, -0.2) is 9.97 Å². The van der Waals surface area contributed by atoms with Gasteiger partial charge in [-0.25, -0.2) is 4.98 Å². The van der Waals surface area contributed by atoms with Crippen molar-refractivity contribution in [3.05, 3.63) is 28.5 Å². The van der Waals surface area contributed by atoms with Crippen LogP contribution in [0.4, 0.5) is 0 Å². The Kier molecular flexibility index (Phi) is 3.19. The van der Waals surface area contributed by atoms with Crippen molar-refractivity contribution in [1.82, 2.24) is 9.97 Å². The van der Waals surface area contributed by atoms with Crippen molar-refractivity contribution in [2.75, 3.05) is 0 Å². The van der Waals surface area contributed by atoms with E-state index in [1.54, 1.807) is 0 Å². The SMILES string of the molecule is Brc1ccc2nc(C3CCCCCC3)[nH]c2c1. The highest BCUT2D eigenvalue weighted by Crippen LogP contribution is 2.31. The maximum absolute atomic E-state index is 4.74. The van der Waals surface area contributed by atoms with Crippen LogP contribution in [0.15, 0.2) is 22.7 Å². The molecule has 1 saturated carbocycles. The number of nitrogens with zero attached hydrogens (tertiary/aromatic N) is 1. The van der Waals surface area contributed by atoms with E-state index in [0.717, 1.165) is 15.5 Å². The molecule has 3 heteroatoms. The number of benzene rings is 1. The van der Waals surface area contributed by atoms with E-state index in [4.69, 9.17) is 4.98 Å². The van der Waals surface area contributed by atoms with Gasteiger partial charge in [0, 0.05) is 10.4 Å². The molecule has 0 radical (unpaired) electrons. The first-order chi connectivity index (χ1) is 8.33. The molecule has 2 nitrogen and oxygen atoms in total. The van der Waals surface area contributed by atoms with Gasteiger partial charge in [0.25, 0.3) is 0 Å². The van der Waals surface area contributed by atoms with Crippen molar-refractivity contribution >= 4 is 27.0 Å². The molecule has 0 unspecified atom stereocenters. The van der Waals surface area contributed by atoms with E-state index < -0.39 is 0 Å². The van der Waals surface area contributed by atoms with Crippen LogP contribution < -0.4 is 0 Å². The van der Waals surface area contributed by atoms with Gasteiger partial charge < -0.3 is 4.98 Å². The van der Waals surface area contributed by atoms with Crippen molar-refractivity contribution in [3.8, 4) is 0 Å². The average Bonchev–Trinajstić information content (AvgIpc) is 2.57. The Morgan fingerprint density at radius 1 is 1.12 bits per heavy atom. The lowest BCUT2D eigenvalue weighted by molar-refractivity contribution is 0.567. The fourth-order valence-electron chi connectivity index (χ4n) is 2.75. The van der Waals surface area contributed by atoms with E-state index in [2.05, 4.69) is 39.1 Å². The van der Waals surface area contributed by atoms with Crippen LogP contribution in [0.2, 0.25) is 0 Å². The van der Waals surface area contributed by atoms with E-state index in [1.807, 2.05) is 0 Å². The zero-order valence-corrected chi connectivity index (χ0v) is 11.5. The number of aromatic amines is 1. The summed E-state index contributed by atoms with van der Waals surface area (Å²) in [6, 6.07) is 6.25. The van der Waals surface area contributed by atoms with Gasteiger partial charge in [-0.2, -0.15) is 0 Å². The highest BCUT2D eigenvalue weighted by atomic mass is 79.9. The Morgan fingerprint density at radius 2 is 1.88 bits per heavy atom. The maximum atomic E-state index is 4.74. The molecule has 3 rings (SSSR count). The number of halogens is 1. The molecule has 0 saturated heterocycles. The summed E-state index contributed by atoms with van der Waals surface area (Å²) in [7, 11) is 0. The molecule has 1 aliphatic rings. The van der Waals surface area contributed by atoms with Crippen LogP contribution in [0.3, 0.4) is 0 Å². The van der Waals surface area contributed by atoms with Crippen LogP contribution in [0.5, 0.6) is 0 Å². The summed E-state index contributed by atoms with van der Waals surface area (Å²) in [5, 5.41) is 0. The van der Waals surface area contributed by atoms with Crippen molar-refractivity contribution in [2.45, 2.75) is 44.4 Å². The normalized spacial score (nSPS) is 18.4. The average molecular weight is 293 g/mol. The highest BCUT2D eigenvalue weighted by molar-refractivity contribution is 9.10. The van der Waals surface area contributed by atoms with Gasteiger partial charge in [0.2, 0.25) is 0 Å². The maximum Gasteiger partial charge on any atom is 0.110 e. The topological polar surface area (TPSA) is 28.7 Å². The van der Waals surface area contributed by atoms with E-state index in [-0.39, 0.29) is 0 Å². The second-order valence-corrected chi connectivity index (χ2v) is 5.89. The lowest BCUT2D eigenvalue weighted by Gasteiger charge is -2.09. The van der Waals surface area contributed by atoms with Crippen molar-refractivity contribution in [3.63, 3.8) is 0 Å². The lowest BCUT2D eigenvalue weighted by Crippen LogP contribution is -1.99. The molecule has 0 atom stereocenters. The largest absolute Gasteiger partial charge is 0.342 e. The zero-order chi connectivity index (χ0) is 11.7. The summed E-state index contributed by atoms with van der Waals surface area (Å²) in [5.74, 6) is 1.84. The molecule has 1 heterocycles. The van der Waals surface area contributed by atoms with Gasteiger partial charge in [-0.15, -0.1) is 0 Å². The molecule has 90 valence electrons. The van der Waals surface area contributed by atoms with Crippen LogP contribution >= 0.6 is 15.9 Å². The minimum Gasteiger partial charge on any atom is -0.342 e. The van der Waals surface area contributed by atoms with E-state index in [1.165, 1.54) is 44.3 Å². The van der Waals surface area contributed by atoms with Gasteiger partial charge in [-0.05, 0) is 31.0 Å². The predicted molar refractivity (Wildman–Crippen MR) is 74.2 cm³/mol. The second kappa shape index (κ2) is 4.81. The number of nitrogens with one attached hydrogen (secondary N) is 1. The molecule has 2 aromatic rings. The van der Waals surface area contributed by atoms with Gasteiger partial charge in [0.15, 0.2) is 0 Å². The Hall–Kier alpha value is -0.830. The molecule has 0 amide bonds. The van der Waals surface area contributed by atoms with E-state index >= 15 is 0 Å². The summed E-state index contributed by atoms with van der Waals surface area (Å²) in [6.07, 6.45) is 8.07. The summed E-state index contributed by atoms with van der Waals surface area (Å²) >= 11 is 3.50. The summed E-state index contributed by atoms with van der Waals surface area (Å²) < 4.78 is 1.11. The third-order valence-electron chi connectivity index (χ3n) is 3.70. The molecular formula is C14H17BrN2. The Labute approximate surface area is 110 Å². The molecule has 1 N–H and O–H groups in total. The molecule has 1 aromatic heterocycles. The Bertz CT molecular complexity index is 510. The summed E-state index contributed by atoms with van der Waals surface area (Å²) in [4.78, 5) is 8.24. The number of fused-ring (bicyclic) bond motifs is 1. The molecule has 0 bridgehead atoms. The Balaban J connectivity index is 1.93. The first-order valence-electron chi connectivity index (χ1n) is 6.48. The van der Waals surface area contributed by atoms with Crippen molar-refractivity contribution < 1.29 is 0 Å². The smallest absolute Gasteiger partial charge is 0.110 e. The first-order valence-corrected chi connectivity index (χ1v) is 7.27. The predicted octanol–water partition coefficient (Wildman–Crippen LogP) is 4.76. The monoisotopic (exact) mass is 292 g/mol. The summed E-state index contributed by atoms with van der Waals surface area (Å²) in [6.45, 7) is 0. The van der Waals surface area contributed by atoms with Gasteiger partial charge >= 0.3 is 0 Å². The molecule has 1 fully saturated rings. The fourth-order valence-corrected chi connectivity index (χ4v) is 3.11. The number of aromatic nitrogens is 2. The molecule has 17 heavy (non-hydrogen) atoms. The minimum absolute atomic E-state index is 0.642. The van der Waals surface area contributed by atoms with Crippen molar-refractivity contribution in [2.24, 2.45) is 0 Å². The second-order valence-electron chi connectivity index (χ2n) is 4.97. The first kappa shape index (κ1) is 11.3. The van der Waals surface area contributed by atoms with Gasteiger partial charge in [-0.3, -0.25) is 0 Å². The van der Waals surface area contributed by atoms with Crippen LogP contribution in [0.1, 0.15) is 50.3 Å². The van der Waals surface area contributed by atoms with Crippen molar-refractivity contribution in [1.29, 1.82) is 0 Å². The molecular weight excluding hydrogens is 276 g/mol. The Morgan fingerprint density at radius 3 is 2.65 bits per heavy atom. The van der Waals surface area contributed by atoms with Gasteiger partial charge in [-0.1, -0.05) is 41.6 Å². The van der Waals surface area contributed by atoms with Crippen LogP contribution in [-0.2, 0) is 0 Å². The molecule has 1 aromatic carbocycles. The van der Waals surface area contributed by atoms with Gasteiger partial charge in [0.1, 0.15) is 5.82 Å². The third-order valence-corrected chi connectivity index (χ3v) is 4.20. The van der Waals surface area contributed by atoms with Crippen LogP contribution in [0.25, 0.3) is 11.0 Å². The molecule has 0 aliphatic heterocycles. The lowest BCUT2D eigenvalue weighted by atomic mass is 10.00. The third kappa shape index (κ3) is 2.39. The number of hydrogen-bond acceptors (Lipinski definition) is 1. The minimum atomic E-state index is 0.642. The summed E-state index contributed by atoms with van der Waals surface area (Å²) in [5.41, 5.74) is 2.24. The molecule has 1 aliphatic carbocycles. The van der Waals surface area contributed by atoms with E-state index in [9.17, 15) is 0 Å².